The summed E-state index contributed by atoms with van der Waals surface area (Å²) in [6, 6.07) is 23.0. The molecule has 0 aliphatic rings. The van der Waals surface area contributed by atoms with Gasteiger partial charge in [0.05, 0.1) is 18.4 Å². The average Bonchev–Trinajstić information content (AvgIpc) is 2.64. The first-order valence-electron chi connectivity index (χ1n) is 8.07. The number of nitrogens with two attached hydrogens (primary N) is 1. The van der Waals surface area contributed by atoms with Gasteiger partial charge >= 0.3 is 0 Å². The van der Waals surface area contributed by atoms with Gasteiger partial charge in [0, 0.05) is 0 Å². The van der Waals surface area contributed by atoms with Crippen molar-refractivity contribution in [1.82, 2.24) is 0 Å². The molecule has 0 heterocycles. The maximum Gasteiger partial charge on any atom is 0.237 e. The summed E-state index contributed by atoms with van der Waals surface area (Å²) in [4.78, 5) is 4.78. The van der Waals surface area contributed by atoms with Gasteiger partial charge < -0.3 is 9.84 Å². The number of ether oxygens (including phenoxy) is 1. The van der Waals surface area contributed by atoms with Gasteiger partial charge in [0.1, 0.15) is 17.2 Å². The second kappa shape index (κ2) is 7.64. The van der Waals surface area contributed by atoms with Crippen LogP contribution in [0.5, 0.6) is 11.5 Å². The summed E-state index contributed by atoms with van der Waals surface area (Å²) in [6.45, 7) is 2.07. The highest BCUT2D eigenvalue weighted by Gasteiger charge is 2.11. The maximum absolute atomic E-state index is 9.54. The molecule has 0 saturated carbocycles. The van der Waals surface area contributed by atoms with E-state index >= 15 is 0 Å². The molecule has 0 aromatic heterocycles. The molecule has 3 N–H and O–H groups in total. The molecule has 0 unspecified atom stereocenters. The van der Waals surface area contributed by atoms with Crippen LogP contribution in [0.25, 0.3) is 0 Å². The summed E-state index contributed by atoms with van der Waals surface area (Å²) in [6.07, 6.45) is 0. The van der Waals surface area contributed by atoms with Gasteiger partial charge in [-0.2, -0.15) is 4.99 Å². The van der Waals surface area contributed by atoms with Gasteiger partial charge in [-0.1, -0.05) is 17.7 Å². The van der Waals surface area contributed by atoms with Gasteiger partial charge in [0.2, 0.25) is 5.84 Å². The molecule has 0 atom stereocenters. The zero-order valence-corrected chi connectivity index (χ0v) is 14.3. The number of benzene rings is 3. The molecule has 0 fully saturated rings. The molecule has 126 valence electrons. The van der Waals surface area contributed by atoms with Crippen LogP contribution in [0.15, 0.2) is 77.8 Å². The van der Waals surface area contributed by atoms with Gasteiger partial charge in [-0.05, 0) is 67.6 Å². The molecular formula is C21H21N2O2+. The van der Waals surface area contributed by atoms with Crippen LogP contribution in [0.3, 0.4) is 0 Å². The van der Waals surface area contributed by atoms with Gasteiger partial charge in [-0.25, -0.2) is 0 Å². The summed E-state index contributed by atoms with van der Waals surface area (Å²) in [7, 11) is 1.64. The Kier molecular flexibility index (Phi) is 5.11. The molecule has 3 aromatic rings. The Morgan fingerprint density at radius 1 is 0.880 bits per heavy atom. The first-order chi connectivity index (χ1) is 12.1. The maximum atomic E-state index is 9.54. The largest absolute Gasteiger partial charge is 0.508 e. The second-order valence-corrected chi connectivity index (χ2v) is 5.80. The Labute approximate surface area is 147 Å². The lowest BCUT2D eigenvalue weighted by Gasteiger charge is -2.06. The summed E-state index contributed by atoms with van der Waals surface area (Å²) in [5.41, 5.74) is 4.07. The minimum Gasteiger partial charge on any atom is -0.508 e. The topological polar surface area (TPSA) is 58.4 Å². The summed E-state index contributed by atoms with van der Waals surface area (Å²) in [5.74, 6) is 1.87. The molecule has 0 amide bonds. The average molecular weight is 333 g/mol. The van der Waals surface area contributed by atoms with Crippen LogP contribution in [-0.2, 0) is 0 Å². The number of aryl methyl sites for hydroxylation is 1. The molecule has 0 radical (unpaired) electrons. The summed E-state index contributed by atoms with van der Waals surface area (Å²) >= 11 is 0. The Bertz CT molecular complexity index is 852. The van der Waals surface area contributed by atoms with Crippen molar-refractivity contribution in [3.63, 3.8) is 0 Å². The normalized spacial score (nSPS) is 11.4. The van der Waals surface area contributed by atoms with Crippen molar-refractivity contribution in [2.45, 2.75) is 6.92 Å². The van der Waals surface area contributed by atoms with E-state index in [1.165, 1.54) is 5.56 Å². The van der Waals surface area contributed by atoms with Crippen molar-refractivity contribution in [3.8, 4) is 11.5 Å². The van der Waals surface area contributed by atoms with Crippen LogP contribution in [0.4, 0.5) is 11.4 Å². The van der Waals surface area contributed by atoms with Crippen molar-refractivity contribution in [3.05, 3.63) is 83.9 Å². The molecule has 3 aromatic carbocycles. The van der Waals surface area contributed by atoms with E-state index in [0.29, 0.717) is 0 Å². The molecule has 25 heavy (non-hydrogen) atoms. The number of phenolic OH excluding ortho intramolecular Hbond substituents is 1. The lowest BCUT2D eigenvalue weighted by molar-refractivity contribution is -0.442. The Morgan fingerprint density at radius 3 is 2.12 bits per heavy atom. The number of hydrogen-bond donors (Lipinski definition) is 2. The lowest BCUT2D eigenvalue weighted by atomic mass is 10.1. The number of methoxy groups -OCH3 is 1. The molecule has 0 spiro atoms. The highest BCUT2D eigenvalue weighted by Crippen LogP contribution is 2.19. The van der Waals surface area contributed by atoms with Gasteiger partial charge in [-0.3, -0.25) is 5.32 Å². The fraction of sp³-hybridized carbons (Fsp3) is 0.0952. The quantitative estimate of drug-likeness (QED) is 0.435. The lowest BCUT2D eigenvalue weighted by Crippen LogP contribution is -2.82. The standard InChI is InChI=1S/C21H20N2O2/c1-15-3-7-17(8-4-15)22-21(16-5-11-19(24)12-6-16)23-18-9-13-20(25-2)14-10-18/h3-14,24H,1-2H3,(H,22,23)/p+1. The minimum absolute atomic E-state index is 0.239. The van der Waals surface area contributed by atoms with E-state index < -0.39 is 0 Å². The van der Waals surface area contributed by atoms with Crippen LogP contribution < -0.4 is 10.1 Å². The van der Waals surface area contributed by atoms with Crippen LogP contribution in [0.1, 0.15) is 11.1 Å². The third kappa shape index (κ3) is 4.46. The predicted octanol–water partition coefficient (Wildman–Crippen LogP) is 3.68. The Balaban J connectivity index is 1.96. The van der Waals surface area contributed by atoms with Crippen LogP contribution >= 0.6 is 0 Å². The first kappa shape index (κ1) is 16.7. The number of hydrogen-bond acceptors (Lipinski definition) is 3. The SMILES string of the molecule is COc1ccc(N=C([NH2+]c2ccc(C)cc2)c2ccc(O)cc2)cc1. The first-order valence-corrected chi connectivity index (χ1v) is 8.07. The zero-order valence-electron chi connectivity index (χ0n) is 14.3. The summed E-state index contributed by atoms with van der Waals surface area (Å²) in [5, 5.41) is 11.6. The van der Waals surface area contributed by atoms with Gasteiger partial charge in [0.25, 0.3) is 0 Å². The molecule has 3 rings (SSSR count). The van der Waals surface area contributed by atoms with Gasteiger partial charge in [0.15, 0.2) is 0 Å². The van der Waals surface area contributed by atoms with E-state index in [4.69, 9.17) is 9.73 Å². The third-order valence-electron chi connectivity index (χ3n) is 3.87. The molecule has 4 heteroatoms. The van der Waals surface area contributed by atoms with E-state index in [1.54, 1.807) is 19.2 Å². The molecule has 0 aliphatic carbocycles. The minimum atomic E-state index is 0.239. The number of nitrogens with zero attached hydrogens (tertiary/aromatic N) is 1. The number of phenols is 1. The summed E-state index contributed by atoms with van der Waals surface area (Å²) < 4.78 is 5.19. The fourth-order valence-electron chi connectivity index (χ4n) is 2.43. The van der Waals surface area contributed by atoms with Crippen LogP contribution in [0.2, 0.25) is 0 Å². The Morgan fingerprint density at radius 2 is 1.52 bits per heavy atom. The predicted molar refractivity (Wildman–Crippen MR) is 100 cm³/mol. The van der Waals surface area contributed by atoms with Crippen molar-refractivity contribution in [2.24, 2.45) is 4.99 Å². The highest BCUT2D eigenvalue weighted by atomic mass is 16.5. The highest BCUT2D eigenvalue weighted by molar-refractivity contribution is 5.94. The van der Waals surface area contributed by atoms with Gasteiger partial charge in [-0.15, -0.1) is 0 Å². The van der Waals surface area contributed by atoms with Crippen molar-refractivity contribution >= 4 is 17.2 Å². The van der Waals surface area contributed by atoms with Crippen molar-refractivity contribution in [1.29, 1.82) is 0 Å². The van der Waals surface area contributed by atoms with Crippen LogP contribution in [0, 0.1) is 6.92 Å². The molecule has 0 saturated heterocycles. The molecular weight excluding hydrogens is 312 g/mol. The van der Waals surface area contributed by atoms with Crippen molar-refractivity contribution < 1.29 is 15.2 Å². The number of aromatic hydroxyl groups is 1. The number of aliphatic imine (C=N–C) groups is 1. The van der Waals surface area contributed by atoms with Crippen molar-refractivity contribution in [2.75, 3.05) is 7.11 Å². The molecule has 4 nitrogen and oxygen atoms in total. The van der Waals surface area contributed by atoms with Crippen LogP contribution in [-0.4, -0.2) is 18.1 Å². The number of amidine groups is 1. The van der Waals surface area contributed by atoms with E-state index in [-0.39, 0.29) is 5.75 Å². The third-order valence-corrected chi connectivity index (χ3v) is 3.87. The van der Waals surface area contributed by atoms with E-state index in [2.05, 4.69) is 31.2 Å². The Hall–Kier alpha value is -3.11. The van der Waals surface area contributed by atoms with E-state index in [0.717, 1.165) is 28.5 Å². The number of rotatable bonds is 4. The molecule has 0 bridgehead atoms. The monoisotopic (exact) mass is 333 g/mol. The van der Waals surface area contributed by atoms with E-state index in [9.17, 15) is 5.11 Å². The van der Waals surface area contributed by atoms with E-state index in [1.807, 2.05) is 41.7 Å². The smallest absolute Gasteiger partial charge is 0.237 e. The molecule has 0 aliphatic heterocycles. The second-order valence-electron chi connectivity index (χ2n) is 5.80. The number of quaternary nitrogens is 1. The fourth-order valence-corrected chi connectivity index (χ4v) is 2.43. The zero-order chi connectivity index (χ0) is 17.6.